The Morgan fingerprint density at radius 1 is 1.05 bits per heavy atom. The molecule has 0 aliphatic rings. The molecule has 1 aromatic rings. The van der Waals surface area contributed by atoms with Gasteiger partial charge in [0.1, 0.15) is 6.61 Å². The van der Waals surface area contributed by atoms with Crippen molar-refractivity contribution < 1.29 is 33.9 Å². The summed E-state index contributed by atoms with van der Waals surface area (Å²) in [6.07, 6.45) is -1.12. The van der Waals surface area contributed by atoms with Gasteiger partial charge in [-0.15, -0.1) is 0 Å². The zero-order chi connectivity index (χ0) is 16.4. The van der Waals surface area contributed by atoms with E-state index in [9.17, 15) is 9.59 Å². The van der Waals surface area contributed by atoms with Gasteiger partial charge in [0, 0.05) is 6.61 Å². The van der Waals surface area contributed by atoms with Crippen LogP contribution in [0, 0.1) is 0 Å². The zero-order valence-corrected chi connectivity index (χ0v) is 12.9. The third-order valence-electron chi connectivity index (χ3n) is 2.68. The van der Waals surface area contributed by atoms with Crippen LogP contribution in [0.1, 0.15) is 42.6 Å². The number of hydrogen-bond donors (Lipinski definition) is 0. The van der Waals surface area contributed by atoms with Crippen LogP contribution in [0.25, 0.3) is 0 Å². The van der Waals surface area contributed by atoms with Gasteiger partial charge in [-0.1, -0.05) is 26.0 Å². The average Bonchev–Trinajstić information content (AvgIpc) is 2.51. The Morgan fingerprint density at radius 3 is 2.32 bits per heavy atom. The van der Waals surface area contributed by atoms with Gasteiger partial charge in [0.2, 0.25) is 0 Å². The minimum Gasteiger partial charge on any atom is -0.430 e. The highest BCUT2D eigenvalue weighted by Crippen LogP contribution is 2.15. The fourth-order valence-electron chi connectivity index (χ4n) is 1.48. The van der Waals surface area contributed by atoms with E-state index in [2.05, 4.69) is 19.6 Å². The highest BCUT2D eigenvalue weighted by Gasteiger charge is 2.12. The molecule has 0 aliphatic carbocycles. The van der Waals surface area contributed by atoms with Crippen molar-refractivity contribution in [3.63, 3.8) is 0 Å². The molecular weight excluding hydrogens is 292 g/mol. The lowest BCUT2D eigenvalue weighted by Crippen LogP contribution is -2.14. The lowest BCUT2D eigenvalue weighted by atomic mass is 10.0. The SMILES string of the molecule is CCOCCOC(=O)OOOC(=O)c1ccc(C(C)C)cc1. The lowest BCUT2D eigenvalue weighted by molar-refractivity contribution is -0.452. The zero-order valence-electron chi connectivity index (χ0n) is 12.9. The Kier molecular flexibility index (Phi) is 7.95. The first-order chi connectivity index (χ1) is 10.5. The van der Waals surface area contributed by atoms with E-state index in [0.717, 1.165) is 5.56 Å². The van der Waals surface area contributed by atoms with E-state index < -0.39 is 12.1 Å². The quantitative estimate of drug-likeness (QED) is 0.316. The molecular formula is C15H20O7. The number of benzene rings is 1. The van der Waals surface area contributed by atoms with Gasteiger partial charge in [-0.2, -0.15) is 0 Å². The molecule has 0 saturated heterocycles. The maximum absolute atomic E-state index is 11.6. The molecule has 0 N–H and O–H groups in total. The van der Waals surface area contributed by atoms with Crippen molar-refractivity contribution in [1.29, 1.82) is 0 Å². The number of carbonyl (C=O) groups excluding carboxylic acids is 2. The predicted molar refractivity (Wildman–Crippen MR) is 76.0 cm³/mol. The van der Waals surface area contributed by atoms with Crippen molar-refractivity contribution in [3.05, 3.63) is 35.4 Å². The molecule has 0 aliphatic heterocycles. The van der Waals surface area contributed by atoms with Crippen LogP contribution in [-0.2, 0) is 24.3 Å². The number of carbonyl (C=O) groups is 2. The molecule has 0 amide bonds. The molecule has 7 nitrogen and oxygen atoms in total. The molecule has 0 saturated carbocycles. The fourth-order valence-corrected chi connectivity index (χ4v) is 1.48. The monoisotopic (exact) mass is 312 g/mol. The van der Waals surface area contributed by atoms with E-state index in [1.165, 1.54) is 0 Å². The summed E-state index contributed by atoms with van der Waals surface area (Å²) in [6.45, 7) is 6.67. The number of rotatable bonds is 8. The number of ether oxygens (including phenoxy) is 2. The van der Waals surface area contributed by atoms with Crippen molar-refractivity contribution in [3.8, 4) is 0 Å². The average molecular weight is 312 g/mol. The van der Waals surface area contributed by atoms with Crippen molar-refractivity contribution in [2.24, 2.45) is 0 Å². The standard InChI is InChI=1S/C15H20O7/c1-4-18-9-10-19-15(17)21-22-20-14(16)13-7-5-12(6-8-13)11(2)3/h5-8,11H,4,9-10H2,1-3H3. The highest BCUT2D eigenvalue weighted by atomic mass is 17.5. The van der Waals surface area contributed by atoms with Crippen LogP contribution in [-0.4, -0.2) is 31.9 Å². The first-order valence-corrected chi connectivity index (χ1v) is 6.94. The topological polar surface area (TPSA) is 80.3 Å². The van der Waals surface area contributed by atoms with Gasteiger partial charge < -0.3 is 9.47 Å². The van der Waals surface area contributed by atoms with Gasteiger partial charge in [-0.05, 0) is 30.5 Å². The Morgan fingerprint density at radius 2 is 1.73 bits per heavy atom. The molecule has 0 spiro atoms. The van der Waals surface area contributed by atoms with Crippen LogP contribution in [0.5, 0.6) is 0 Å². The van der Waals surface area contributed by atoms with Gasteiger partial charge in [-0.3, -0.25) is 4.89 Å². The van der Waals surface area contributed by atoms with Crippen molar-refractivity contribution in [1.82, 2.24) is 0 Å². The molecule has 122 valence electrons. The largest absolute Gasteiger partial charge is 0.543 e. The molecule has 0 fully saturated rings. The molecule has 22 heavy (non-hydrogen) atoms. The molecule has 0 radical (unpaired) electrons. The normalized spacial score (nSPS) is 10.4. The van der Waals surface area contributed by atoms with Gasteiger partial charge in [0.25, 0.3) is 0 Å². The van der Waals surface area contributed by atoms with Crippen LogP contribution >= 0.6 is 0 Å². The summed E-state index contributed by atoms with van der Waals surface area (Å²) < 4.78 is 9.52. The Bertz CT molecular complexity index is 467. The smallest absolute Gasteiger partial charge is 0.430 e. The molecule has 7 heteroatoms. The molecule has 1 aromatic carbocycles. The third-order valence-corrected chi connectivity index (χ3v) is 2.68. The summed E-state index contributed by atoms with van der Waals surface area (Å²) in [4.78, 5) is 31.1. The van der Waals surface area contributed by atoms with Gasteiger partial charge in [-0.25, -0.2) is 14.5 Å². The number of hydrogen-bond acceptors (Lipinski definition) is 7. The second-order valence-corrected chi connectivity index (χ2v) is 4.59. The maximum atomic E-state index is 11.6. The summed E-state index contributed by atoms with van der Waals surface area (Å²) in [7, 11) is 0. The van der Waals surface area contributed by atoms with Crippen molar-refractivity contribution in [2.45, 2.75) is 26.7 Å². The molecule has 0 unspecified atom stereocenters. The van der Waals surface area contributed by atoms with E-state index in [1.54, 1.807) is 12.1 Å². The van der Waals surface area contributed by atoms with E-state index in [4.69, 9.17) is 4.74 Å². The van der Waals surface area contributed by atoms with Crippen molar-refractivity contribution in [2.75, 3.05) is 19.8 Å². The van der Waals surface area contributed by atoms with E-state index >= 15 is 0 Å². The second kappa shape index (κ2) is 9.75. The van der Waals surface area contributed by atoms with E-state index in [-0.39, 0.29) is 18.8 Å². The molecule has 0 atom stereocenters. The molecule has 1 rings (SSSR count). The Hall–Kier alpha value is -2.12. The summed E-state index contributed by atoms with van der Waals surface area (Å²) in [5, 5.41) is 4.08. The molecule has 0 aromatic heterocycles. The van der Waals surface area contributed by atoms with Gasteiger partial charge >= 0.3 is 12.1 Å². The first kappa shape index (κ1) is 17.9. The van der Waals surface area contributed by atoms with Crippen LogP contribution in [0.4, 0.5) is 4.79 Å². The summed E-state index contributed by atoms with van der Waals surface area (Å²) in [5.41, 5.74) is 1.37. The second-order valence-electron chi connectivity index (χ2n) is 4.59. The fraction of sp³-hybridized carbons (Fsp3) is 0.467. The van der Waals surface area contributed by atoms with Gasteiger partial charge in [0.15, 0.2) is 0 Å². The summed E-state index contributed by atoms with van der Waals surface area (Å²) in [5.74, 6) is -0.423. The maximum Gasteiger partial charge on any atom is 0.543 e. The third kappa shape index (κ3) is 6.55. The predicted octanol–water partition coefficient (Wildman–Crippen LogP) is 3.00. The molecule has 0 bridgehead atoms. The van der Waals surface area contributed by atoms with E-state index in [0.29, 0.717) is 12.5 Å². The summed E-state index contributed by atoms with van der Waals surface area (Å²) in [6, 6.07) is 6.82. The minimum atomic E-state index is -1.12. The Balaban J connectivity index is 2.26. The first-order valence-electron chi connectivity index (χ1n) is 6.94. The Labute approximate surface area is 128 Å². The van der Waals surface area contributed by atoms with Crippen LogP contribution in [0.3, 0.4) is 0 Å². The van der Waals surface area contributed by atoms with Crippen LogP contribution in [0.2, 0.25) is 0 Å². The summed E-state index contributed by atoms with van der Waals surface area (Å²) >= 11 is 0. The van der Waals surface area contributed by atoms with Gasteiger partial charge in [0.05, 0.1) is 17.2 Å². The molecule has 0 heterocycles. The highest BCUT2D eigenvalue weighted by molar-refractivity contribution is 5.88. The minimum absolute atomic E-state index is 0.0145. The van der Waals surface area contributed by atoms with E-state index in [1.807, 2.05) is 32.9 Å². The van der Waals surface area contributed by atoms with Crippen LogP contribution < -0.4 is 0 Å². The van der Waals surface area contributed by atoms with Crippen molar-refractivity contribution >= 4 is 12.1 Å². The lowest BCUT2D eigenvalue weighted by Gasteiger charge is -2.06. The van der Waals surface area contributed by atoms with Crippen LogP contribution in [0.15, 0.2) is 24.3 Å².